The molecule has 0 amide bonds. The third kappa shape index (κ3) is 1.95. The van der Waals surface area contributed by atoms with Crippen molar-refractivity contribution >= 4 is 23.0 Å². The van der Waals surface area contributed by atoms with E-state index in [0.29, 0.717) is 0 Å². The number of anilines is 1. The first-order chi connectivity index (χ1) is 10.8. The molecule has 1 atom stereocenters. The zero-order chi connectivity index (χ0) is 15.1. The minimum Gasteiger partial charge on any atom is -0.327 e. The van der Waals surface area contributed by atoms with Gasteiger partial charge in [-0.25, -0.2) is 5.01 Å². The van der Waals surface area contributed by atoms with Crippen LogP contribution < -0.4 is 5.01 Å². The van der Waals surface area contributed by atoms with Gasteiger partial charge in [0.15, 0.2) is 5.11 Å². The summed E-state index contributed by atoms with van der Waals surface area (Å²) in [5.74, 6) is 0. The lowest BCUT2D eigenvalue weighted by molar-refractivity contribution is 0.136. The topological polar surface area (TPSA) is 9.72 Å². The van der Waals surface area contributed by atoms with Gasteiger partial charge in [0.25, 0.3) is 0 Å². The summed E-state index contributed by atoms with van der Waals surface area (Å²) in [5.41, 5.74) is 3.98. The second-order valence-corrected chi connectivity index (χ2v) is 6.07. The lowest BCUT2D eigenvalue weighted by Gasteiger charge is -2.36. The minimum absolute atomic E-state index is 0.225. The largest absolute Gasteiger partial charge is 0.327 e. The van der Waals surface area contributed by atoms with Gasteiger partial charge in [-0.3, -0.25) is 0 Å². The highest BCUT2D eigenvalue weighted by atomic mass is 32.1. The van der Waals surface area contributed by atoms with Crippen molar-refractivity contribution in [2.45, 2.75) is 19.5 Å². The zero-order valence-electron chi connectivity index (χ0n) is 12.6. The standard InChI is InChI=1S/C18H19N3S/c1-2-19-17-16-11-7-6-8-14(16)12-13-20(17)21(18(19)22)15-9-4-3-5-10-15/h3-11,17H,2,12-13H2,1H3. The van der Waals surface area contributed by atoms with E-state index < -0.39 is 0 Å². The Labute approximate surface area is 136 Å². The first kappa shape index (κ1) is 13.7. The van der Waals surface area contributed by atoms with Crippen LogP contribution in [0.5, 0.6) is 0 Å². The van der Waals surface area contributed by atoms with Crippen LogP contribution in [-0.4, -0.2) is 28.1 Å². The van der Waals surface area contributed by atoms with E-state index >= 15 is 0 Å². The maximum absolute atomic E-state index is 5.80. The maximum atomic E-state index is 5.80. The molecule has 0 spiro atoms. The first-order valence-electron chi connectivity index (χ1n) is 7.81. The fourth-order valence-electron chi connectivity index (χ4n) is 3.54. The van der Waals surface area contributed by atoms with Crippen LogP contribution in [0.3, 0.4) is 0 Å². The number of para-hydroxylation sites is 1. The first-order valence-corrected chi connectivity index (χ1v) is 8.22. The molecule has 4 heteroatoms. The van der Waals surface area contributed by atoms with Gasteiger partial charge in [0, 0.05) is 13.1 Å². The van der Waals surface area contributed by atoms with Crippen molar-refractivity contribution in [1.82, 2.24) is 9.91 Å². The maximum Gasteiger partial charge on any atom is 0.192 e. The highest BCUT2D eigenvalue weighted by molar-refractivity contribution is 7.80. The second kappa shape index (κ2) is 5.38. The van der Waals surface area contributed by atoms with Crippen LogP contribution in [0.1, 0.15) is 24.2 Å². The molecular weight excluding hydrogens is 290 g/mol. The molecule has 22 heavy (non-hydrogen) atoms. The molecule has 1 fully saturated rings. The average molecular weight is 309 g/mol. The monoisotopic (exact) mass is 309 g/mol. The lowest BCUT2D eigenvalue weighted by atomic mass is 9.97. The molecule has 112 valence electrons. The van der Waals surface area contributed by atoms with Gasteiger partial charge >= 0.3 is 0 Å². The summed E-state index contributed by atoms with van der Waals surface area (Å²) >= 11 is 5.80. The van der Waals surface area contributed by atoms with Gasteiger partial charge in [0.1, 0.15) is 6.17 Å². The van der Waals surface area contributed by atoms with E-state index in [9.17, 15) is 0 Å². The van der Waals surface area contributed by atoms with Crippen LogP contribution >= 0.6 is 12.2 Å². The zero-order valence-corrected chi connectivity index (χ0v) is 13.5. The van der Waals surface area contributed by atoms with Crippen molar-refractivity contribution in [1.29, 1.82) is 0 Å². The van der Waals surface area contributed by atoms with Gasteiger partial charge in [0.05, 0.1) is 5.69 Å². The third-order valence-electron chi connectivity index (χ3n) is 4.55. The van der Waals surface area contributed by atoms with Crippen LogP contribution in [0.2, 0.25) is 0 Å². The predicted octanol–water partition coefficient (Wildman–Crippen LogP) is 3.59. The van der Waals surface area contributed by atoms with Crippen molar-refractivity contribution < 1.29 is 0 Å². The molecule has 0 aliphatic carbocycles. The molecule has 4 rings (SSSR count). The molecule has 0 bridgehead atoms. The SMILES string of the molecule is CCN1C(=S)N(c2ccccc2)N2CCc3ccccc3C12. The fourth-order valence-corrected chi connectivity index (χ4v) is 3.98. The van der Waals surface area contributed by atoms with Crippen molar-refractivity contribution in [2.24, 2.45) is 0 Å². The lowest BCUT2D eigenvalue weighted by Crippen LogP contribution is -2.43. The molecule has 1 unspecified atom stereocenters. The summed E-state index contributed by atoms with van der Waals surface area (Å²) in [5, 5.41) is 5.51. The van der Waals surface area contributed by atoms with Crippen LogP contribution in [0.25, 0.3) is 0 Å². The summed E-state index contributed by atoms with van der Waals surface area (Å²) in [4.78, 5) is 2.32. The number of hydrogen-bond donors (Lipinski definition) is 0. The summed E-state index contributed by atoms with van der Waals surface area (Å²) < 4.78 is 0. The molecule has 0 saturated carbocycles. The minimum atomic E-state index is 0.225. The molecule has 0 N–H and O–H groups in total. The second-order valence-electron chi connectivity index (χ2n) is 5.70. The summed E-state index contributed by atoms with van der Waals surface area (Å²) in [7, 11) is 0. The molecule has 0 radical (unpaired) electrons. The Morgan fingerprint density at radius 2 is 1.77 bits per heavy atom. The Morgan fingerprint density at radius 3 is 2.55 bits per heavy atom. The highest BCUT2D eigenvalue weighted by Crippen LogP contribution is 2.41. The van der Waals surface area contributed by atoms with E-state index in [0.717, 1.165) is 30.3 Å². The summed E-state index contributed by atoms with van der Waals surface area (Å²) in [6.45, 7) is 4.08. The Bertz CT molecular complexity index is 700. The molecule has 2 aromatic rings. The number of fused-ring (bicyclic) bond motifs is 3. The van der Waals surface area contributed by atoms with E-state index in [2.05, 4.69) is 70.4 Å². The van der Waals surface area contributed by atoms with Crippen molar-refractivity contribution in [3.8, 4) is 0 Å². The molecule has 2 heterocycles. The number of thiocarbonyl (C=S) groups is 1. The molecule has 2 aromatic carbocycles. The van der Waals surface area contributed by atoms with Crippen LogP contribution in [0.15, 0.2) is 54.6 Å². The van der Waals surface area contributed by atoms with Crippen LogP contribution in [0, 0.1) is 0 Å². The molecule has 2 aliphatic heterocycles. The number of benzene rings is 2. The van der Waals surface area contributed by atoms with E-state index in [1.807, 2.05) is 6.07 Å². The fraction of sp³-hybridized carbons (Fsp3) is 0.278. The van der Waals surface area contributed by atoms with E-state index in [-0.39, 0.29) is 6.17 Å². The summed E-state index contributed by atoms with van der Waals surface area (Å²) in [6.07, 6.45) is 1.29. The van der Waals surface area contributed by atoms with Crippen molar-refractivity contribution in [3.63, 3.8) is 0 Å². The van der Waals surface area contributed by atoms with Gasteiger partial charge in [-0.15, -0.1) is 0 Å². The van der Waals surface area contributed by atoms with Gasteiger partial charge in [0.2, 0.25) is 0 Å². The molecule has 1 saturated heterocycles. The molecule has 0 aromatic heterocycles. The summed E-state index contributed by atoms with van der Waals surface area (Å²) in [6, 6.07) is 19.2. The van der Waals surface area contributed by atoms with Crippen molar-refractivity contribution in [2.75, 3.05) is 18.1 Å². The van der Waals surface area contributed by atoms with Crippen LogP contribution in [-0.2, 0) is 6.42 Å². The van der Waals surface area contributed by atoms with E-state index in [4.69, 9.17) is 12.2 Å². The quantitative estimate of drug-likeness (QED) is 0.784. The third-order valence-corrected chi connectivity index (χ3v) is 4.95. The van der Waals surface area contributed by atoms with Crippen LogP contribution in [0.4, 0.5) is 5.69 Å². The number of rotatable bonds is 2. The number of hydrogen-bond acceptors (Lipinski definition) is 2. The smallest absolute Gasteiger partial charge is 0.192 e. The Kier molecular flexibility index (Phi) is 3.36. The van der Waals surface area contributed by atoms with Gasteiger partial charge in [-0.1, -0.05) is 42.5 Å². The van der Waals surface area contributed by atoms with Gasteiger partial charge < -0.3 is 4.90 Å². The average Bonchev–Trinajstić information content (AvgIpc) is 2.87. The molecule has 3 nitrogen and oxygen atoms in total. The predicted molar refractivity (Wildman–Crippen MR) is 93.5 cm³/mol. The highest BCUT2D eigenvalue weighted by Gasteiger charge is 2.44. The molecular formula is C18H19N3S. The number of hydrazine groups is 1. The van der Waals surface area contributed by atoms with Gasteiger partial charge in [-0.05, 0) is 48.8 Å². The van der Waals surface area contributed by atoms with Gasteiger partial charge in [-0.2, -0.15) is 5.01 Å². The molecule has 2 aliphatic rings. The van der Waals surface area contributed by atoms with E-state index in [1.54, 1.807) is 0 Å². The number of nitrogens with zero attached hydrogens (tertiary/aromatic N) is 3. The Hall–Kier alpha value is -1.91. The van der Waals surface area contributed by atoms with Crippen molar-refractivity contribution in [3.05, 3.63) is 65.7 Å². The Balaban J connectivity index is 1.81. The Morgan fingerprint density at radius 1 is 1.05 bits per heavy atom. The van der Waals surface area contributed by atoms with E-state index in [1.165, 1.54) is 11.1 Å². The normalized spacial score (nSPS) is 21.0.